The molecule has 0 rings (SSSR count). The Labute approximate surface area is 75.2 Å². The lowest BCUT2D eigenvalue weighted by atomic mass is 10.6. The second kappa shape index (κ2) is 22.6. The van der Waals surface area contributed by atoms with E-state index in [1.54, 1.807) is 13.0 Å². The number of ether oxygens (including phenoxy) is 1. The van der Waals surface area contributed by atoms with Crippen LogP contribution in [0.5, 0.6) is 0 Å². The standard InChI is InChI=1S/C5H8O2.C3H6.C2H4/c1-3-5(6)7-4-2;1-3-2;1-2/h3H,1,4H2,2H3;3H,1H2,2H3;1-2H2. The smallest absolute Gasteiger partial charge is 0.330 e. The molecule has 0 radical (unpaired) electrons. The highest BCUT2D eigenvalue weighted by atomic mass is 16.5. The summed E-state index contributed by atoms with van der Waals surface area (Å²) in [6.45, 7) is 16.6. The van der Waals surface area contributed by atoms with E-state index in [1.165, 1.54) is 0 Å². The summed E-state index contributed by atoms with van der Waals surface area (Å²) in [5.74, 6) is -0.359. The van der Waals surface area contributed by atoms with Crippen LogP contribution in [0.25, 0.3) is 0 Å². The van der Waals surface area contributed by atoms with Gasteiger partial charge in [-0.3, -0.25) is 0 Å². The van der Waals surface area contributed by atoms with Crippen LogP contribution in [0.3, 0.4) is 0 Å². The van der Waals surface area contributed by atoms with Crippen molar-refractivity contribution in [2.45, 2.75) is 13.8 Å². The van der Waals surface area contributed by atoms with Gasteiger partial charge >= 0.3 is 5.97 Å². The van der Waals surface area contributed by atoms with E-state index in [1.807, 2.05) is 6.92 Å². The van der Waals surface area contributed by atoms with E-state index in [0.717, 1.165) is 6.08 Å². The number of hydrogen-bond acceptors (Lipinski definition) is 2. The van der Waals surface area contributed by atoms with E-state index in [9.17, 15) is 4.79 Å². The summed E-state index contributed by atoms with van der Waals surface area (Å²) in [5, 5.41) is 0. The van der Waals surface area contributed by atoms with Crippen LogP contribution >= 0.6 is 0 Å². The van der Waals surface area contributed by atoms with E-state index >= 15 is 0 Å². The molecule has 0 amide bonds. The van der Waals surface area contributed by atoms with Crippen molar-refractivity contribution in [2.75, 3.05) is 6.61 Å². The Bertz CT molecular complexity index is 117. The van der Waals surface area contributed by atoms with Crippen molar-refractivity contribution in [2.24, 2.45) is 0 Å². The lowest BCUT2D eigenvalue weighted by molar-refractivity contribution is -0.137. The predicted octanol–water partition coefficient (Wildman–Crippen LogP) is 2.73. The zero-order valence-corrected chi connectivity index (χ0v) is 8.01. The van der Waals surface area contributed by atoms with Crippen LogP contribution in [0.15, 0.2) is 38.5 Å². The van der Waals surface area contributed by atoms with Gasteiger partial charge in [-0.25, -0.2) is 4.79 Å². The molecular weight excluding hydrogens is 152 g/mol. The molecule has 0 N–H and O–H groups in total. The third-order valence-corrected chi connectivity index (χ3v) is 0.453. The highest BCUT2D eigenvalue weighted by molar-refractivity contribution is 5.81. The summed E-state index contributed by atoms with van der Waals surface area (Å²) in [7, 11) is 0. The average Bonchev–Trinajstić information content (AvgIpc) is 2.10. The van der Waals surface area contributed by atoms with Crippen LogP contribution in [0.1, 0.15) is 13.8 Å². The molecule has 12 heavy (non-hydrogen) atoms. The Balaban J connectivity index is -0.000000137. The van der Waals surface area contributed by atoms with Crippen molar-refractivity contribution in [3.05, 3.63) is 38.5 Å². The summed E-state index contributed by atoms with van der Waals surface area (Å²) >= 11 is 0. The number of carbonyl (C=O) groups is 1. The molecule has 0 heterocycles. The van der Waals surface area contributed by atoms with Gasteiger partial charge in [0, 0.05) is 6.08 Å². The van der Waals surface area contributed by atoms with Gasteiger partial charge in [-0.1, -0.05) is 12.7 Å². The lowest BCUT2D eigenvalue weighted by Gasteiger charge is -1.90. The SMILES string of the molecule is C=C.C=CC.C=CC(=O)OCC. The molecule has 0 aromatic carbocycles. The Kier molecular flexibility index (Phi) is 32.0. The van der Waals surface area contributed by atoms with E-state index in [0.29, 0.717) is 6.61 Å². The molecule has 0 aliphatic heterocycles. The summed E-state index contributed by atoms with van der Waals surface area (Å²) in [6, 6.07) is 0. The van der Waals surface area contributed by atoms with Crippen molar-refractivity contribution < 1.29 is 9.53 Å². The van der Waals surface area contributed by atoms with Crippen LogP contribution in [0, 0.1) is 0 Å². The zero-order chi connectivity index (χ0) is 10.4. The first kappa shape index (κ1) is 17.0. The van der Waals surface area contributed by atoms with E-state index in [4.69, 9.17) is 0 Å². The fourth-order valence-corrected chi connectivity index (χ4v) is 0.201. The third kappa shape index (κ3) is 37.7. The summed E-state index contributed by atoms with van der Waals surface area (Å²) in [6.07, 6.45) is 2.89. The van der Waals surface area contributed by atoms with Crippen molar-refractivity contribution >= 4 is 5.97 Å². The van der Waals surface area contributed by atoms with Gasteiger partial charge in [0.15, 0.2) is 0 Å². The normalized spacial score (nSPS) is 5.83. The molecule has 0 unspecified atom stereocenters. The molecule has 0 atom stereocenters. The monoisotopic (exact) mass is 170 g/mol. The second-order valence-electron chi connectivity index (χ2n) is 1.36. The molecule has 0 saturated heterocycles. The van der Waals surface area contributed by atoms with E-state index in [2.05, 4.69) is 31.1 Å². The third-order valence-electron chi connectivity index (χ3n) is 0.453. The first-order chi connectivity index (χ1) is 5.72. The summed E-state index contributed by atoms with van der Waals surface area (Å²) in [5.41, 5.74) is 0. The van der Waals surface area contributed by atoms with Crippen molar-refractivity contribution in [3.63, 3.8) is 0 Å². The van der Waals surface area contributed by atoms with E-state index in [-0.39, 0.29) is 5.97 Å². The highest BCUT2D eigenvalue weighted by Crippen LogP contribution is 1.74. The predicted molar refractivity (Wildman–Crippen MR) is 54.0 cm³/mol. The maximum absolute atomic E-state index is 10.1. The molecule has 2 nitrogen and oxygen atoms in total. The zero-order valence-electron chi connectivity index (χ0n) is 8.01. The lowest BCUT2D eigenvalue weighted by Crippen LogP contribution is -1.97. The Morgan fingerprint density at radius 1 is 1.42 bits per heavy atom. The number of hydrogen-bond donors (Lipinski definition) is 0. The molecule has 70 valence electrons. The van der Waals surface area contributed by atoms with Gasteiger partial charge in [-0.15, -0.1) is 19.7 Å². The molecule has 0 bridgehead atoms. The number of allylic oxidation sites excluding steroid dienone is 1. The van der Waals surface area contributed by atoms with Gasteiger partial charge in [0.05, 0.1) is 6.61 Å². The minimum Gasteiger partial charge on any atom is -0.463 e. The molecule has 0 aromatic heterocycles. The fraction of sp³-hybridized carbons (Fsp3) is 0.300. The summed E-state index contributed by atoms with van der Waals surface area (Å²) in [4.78, 5) is 10.1. The molecule has 0 aliphatic carbocycles. The van der Waals surface area contributed by atoms with Gasteiger partial charge < -0.3 is 4.74 Å². The quantitative estimate of drug-likeness (QED) is 0.362. The first-order valence-electron chi connectivity index (χ1n) is 3.59. The van der Waals surface area contributed by atoms with Crippen molar-refractivity contribution in [1.29, 1.82) is 0 Å². The van der Waals surface area contributed by atoms with E-state index < -0.39 is 0 Å². The maximum atomic E-state index is 10.1. The van der Waals surface area contributed by atoms with Crippen molar-refractivity contribution in [1.82, 2.24) is 0 Å². The van der Waals surface area contributed by atoms with Gasteiger partial charge in [0.1, 0.15) is 0 Å². The van der Waals surface area contributed by atoms with Crippen LogP contribution in [-0.2, 0) is 9.53 Å². The Morgan fingerprint density at radius 3 is 1.83 bits per heavy atom. The largest absolute Gasteiger partial charge is 0.463 e. The molecule has 0 fully saturated rings. The topological polar surface area (TPSA) is 26.3 Å². The molecule has 2 heteroatoms. The fourth-order valence-electron chi connectivity index (χ4n) is 0.201. The van der Waals surface area contributed by atoms with Gasteiger partial charge in [0.25, 0.3) is 0 Å². The second-order valence-corrected chi connectivity index (χ2v) is 1.36. The Morgan fingerprint density at radius 2 is 1.75 bits per heavy atom. The average molecular weight is 170 g/mol. The first-order valence-corrected chi connectivity index (χ1v) is 3.59. The number of rotatable bonds is 2. The van der Waals surface area contributed by atoms with Crippen LogP contribution in [0.2, 0.25) is 0 Å². The number of esters is 1. The van der Waals surface area contributed by atoms with Gasteiger partial charge in [-0.2, -0.15) is 0 Å². The summed E-state index contributed by atoms with van der Waals surface area (Å²) < 4.78 is 4.43. The molecule has 0 saturated carbocycles. The van der Waals surface area contributed by atoms with Gasteiger partial charge in [-0.05, 0) is 13.8 Å². The number of carbonyl (C=O) groups excluding carboxylic acids is 1. The van der Waals surface area contributed by atoms with Crippen LogP contribution in [-0.4, -0.2) is 12.6 Å². The molecule has 0 spiro atoms. The highest BCUT2D eigenvalue weighted by Gasteiger charge is 1.86. The van der Waals surface area contributed by atoms with Crippen LogP contribution < -0.4 is 0 Å². The van der Waals surface area contributed by atoms with Crippen molar-refractivity contribution in [3.8, 4) is 0 Å². The minimum atomic E-state index is -0.359. The molecule has 0 aromatic rings. The molecular formula is C10H18O2. The van der Waals surface area contributed by atoms with Gasteiger partial charge in [0.2, 0.25) is 0 Å². The van der Waals surface area contributed by atoms with Crippen LogP contribution in [0.4, 0.5) is 0 Å². The Hall–Kier alpha value is -1.31. The maximum Gasteiger partial charge on any atom is 0.330 e. The minimum absolute atomic E-state index is 0.359. The molecule has 0 aliphatic rings.